The smallest absolute Gasteiger partial charge is 0.254 e. The number of nitrogens with zero attached hydrogens (tertiary/aromatic N) is 3. The van der Waals surface area contributed by atoms with E-state index in [0.717, 1.165) is 48.6 Å². The lowest BCUT2D eigenvalue weighted by atomic mass is 10.1. The molecule has 1 aromatic heterocycles. The molecule has 1 aliphatic carbocycles. The van der Waals surface area contributed by atoms with Gasteiger partial charge >= 0.3 is 0 Å². The molecule has 1 fully saturated rings. The fraction of sp³-hybridized carbons (Fsp3) is 0.333. The van der Waals surface area contributed by atoms with Crippen molar-refractivity contribution in [3.63, 3.8) is 0 Å². The second-order valence-electron chi connectivity index (χ2n) is 7.52. The van der Waals surface area contributed by atoms with E-state index in [4.69, 9.17) is 16.1 Å². The van der Waals surface area contributed by atoms with E-state index < -0.39 is 0 Å². The maximum absolute atomic E-state index is 13.4. The Hall–Kier alpha value is -2.79. The lowest BCUT2D eigenvalue weighted by molar-refractivity contribution is 0.0730. The molecule has 0 unspecified atom stereocenters. The van der Waals surface area contributed by atoms with Crippen molar-refractivity contribution in [1.29, 1.82) is 0 Å². The van der Waals surface area contributed by atoms with Gasteiger partial charge in [0, 0.05) is 35.3 Å². The first-order valence-electron chi connectivity index (χ1n) is 10.5. The number of carbonyl (C=O) groups excluding carboxylic acids is 1. The van der Waals surface area contributed by atoms with Crippen LogP contribution in [-0.4, -0.2) is 35.1 Å². The summed E-state index contributed by atoms with van der Waals surface area (Å²) in [5.74, 6) is 0.758. The summed E-state index contributed by atoms with van der Waals surface area (Å²) in [7, 11) is 0. The summed E-state index contributed by atoms with van der Waals surface area (Å²) in [6, 6.07) is 17.3. The van der Waals surface area contributed by atoms with E-state index in [1.807, 2.05) is 35.2 Å². The molecule has 156 valence electrons. The molecule has 0 aliphatic heterocycles. The number of anilines is 1. The lowest BCUT2D eigenvalue weighted by Crippen LogP contribution is -2.33. The van der Waals surface area contributed by atoms with Crippen LogP contribution >= 0.6 is 11.6 Å². The fourth-order valence-corrected chi connectivity index (χ4v) is 3.83. The number of hydrogen-bond donors (Lipinski definition) is 0. The van der Waals surface area contributed by atoms with Crippen LogP contribution < -0.4 is 4.90 Å². The average molecular weight is 424 g/mol. The van der Waals surface area contributed by atoms with Gasteiger partial charge in [-0.05, 0) is 51.0 Å². The third kappa shape index (κ3) is 4.21. The number of carbonyl (C=O) groups is 1. The maximum Gasteiger partial charge on any atom is 0.254 e. The number of aromatic nitrogens is 1. The molecule has 4 rings (SSSR count). The Bertz CT molecular complexity index is 993. The fourth-order valence-electron chi connectivity index (χ4n) is 3.71. The molecule has 3 aromatic rings. The molecule has 1 amide bonds. The molecule has 1 saturated carbocycles. The van der Waals surface area contributed by atoms with E-state index in [0.29, 0.717) is 17.1 Å². The highest BCUT2D eigenvalue weighted by molar-refractivity contribution is 6.30. The van der Waals surface area contributed by atoms with E-state index in [9.17, 15) is 4.79 Å². The summed E-state index contributed by atoms with van der Waals surface area (Å²) in [4.78, 5) is 17.4. The highest BCUT2D eigenvalue weighted by Gasteiger charge is 2.35. The standard InChI is InChI=1S/C24H26ClN3O2/c1-3-27(4-2)24-21(22(26-30-24)17-8-6-5-7-9-17)16-28(20-14-15-20)23(29)18-10-12-19(25)13-11-18/h5-13,20H,3-4,14-16H2,1-2H3. The zero-order valence-corrected chi connectivity index (χ0v) is 18.1. The summed E-state index contributed by atoms with van der Waals surface area (Å²) >= 11 is 6.01. The first-order chi connectivity index (χ1) is 14.6. The van der Waals surface area contributed by atoms with Gasteiger partial charge < -0.3 is 14.3 Å². The minimum atomic E-state index is 0.0138. The Labute approximate surface area is 182 Å². The molecular weight excluding hydrogens is 398 g/mol. The predicted octanol–water partition coefficient (Wildman–Crippen LogP) is 5.65. The average Bonchev–Trinajstić information content (AvgIpc) is 3.54. The van der Waals surface area contributed by atoms with Crippen molar-refractivity contribution in [1.82, 2.24) is 10.1 Å². The number of hydrogen-bond acceptors (Lipinski definition) is 4. The molecule has 6 heteroatoms. The van der Waals surface area contributed by atoms with E-state index in [2.05, 4.69) is 23.9 Å². The van der Waals surface area contributed by atoms with Gasteiger partial charge in [0.1, 0.15) is 5.69 Å². The SMILES string of the molecule is CCN(CC)c1onc(-c2ccccc2)c1CN(C(=O)c1ccc(Cl)cc1)C1CC1. The lowest BCUT2D eigenvalue weighted by Gasteiger charge is -2.25. The Morgan fingerprint density at radius 1 is 1.07 bits per heavy atom. The van der Waals surface area contributed by atoms with Crippen molar-refractivity contribution in [2.24, 2.45) is 0 Å². The van der Waals surface area contributed by atoms with Crippen LogP contribution in [0.1, 0.15) is 42.6 Å². The van der Waals surface area contributed by atoms with Crippen LogP contribution in [0.4, 0.5) is 5.88 Å². The molecule has 2 aromatic carbocycles. The van der Waals surface area contributed by atoms with Gasteiger partial charge in [-0.2, -0.15) is 0 Å². The summed E-state index contributed by atoms with van der Waals surface area (Å²) in [5, 5.41) is 5.03. The van der Waals surface area contributed by atoms with E-state index in [1.165, 1.54) is 0 Å². The van der Waals surface area contributed by atoms with Crippen molar-refractivity contribution >= 4 is 23.4 Å². The van der Waals surface area contributed by atoms with E-state index in [-0.39, 0.29) is 11.9 Å². The molecule has 0 saturated heterocycles. The van der Waals surface area contributed by atoms with Gasteiger partial charge in [0.2, 0.25) is 5.88 Å². The highest BCUT2D eigenvalue weighted by atomic mass is 35.5. The number of rotatable bonds is 8. The van der Waals surface area contributed by atoms with Crippen LogP contribution in [0.15, 0.2) is 59.1 Å². The molecule has 30 heavy (non-hydrogen) atoms. The van der Waals surface area contributed by atoms with E-state index >= 15 is 0 Å². The second-order valence-corrected chi connectivity index (χ2v) is 7.96. The van der Waals surface area contributed by atoms with Gasteiger partial charge in [-0.3, -0.25) is 4.79 Å². The Morgan fingerprint density at radius 3 is 2.33 bits per heavy atom. The normalized spacial score (nSPS) is 13.3. The van der Waals surface area contributed by atoms with Crippen molar-refractivity contribution in [3.05, 3.63) is 70.7 Å². The molecule has 0 atom stereocenters. The first-order valence-corrected chi connectivity index (χ1v) is 10.9. The van der Waals surface area contributed by atoms with Crippen molar-refractivity contribution in [2.45, 2.75) is 39.3 Å². The highest BCUT2D eigenvalue weighted by Crippen LogP contribution is 2.36. The Kier molecular flexibility index (Phi) is 6.09. The van der Waals surface area contributed by atoms with Gasteiger partial charge in [0.25, 0.3) is 5.91 Å². The number of benzene rings is 2. The van der Waals surface area contributed by atoms with E-state index in [1.54, 1.807) is 24.3 Å². The topological polar surface area (TPSA) is 49.6 Å². The molecule has 0 bridgehead atoms. The predicted molar refractivity (Wildman–Crippen MR) is 120 cm³/mol. The van der Waals surface area contributed by atoms with Crippen LogP contribution in [0.3, 0.4) is 0 Å². The van der Waals surface area contributed by atoms with Gasteiger partial charge in [0.15, 0.2) is 0 Å². The quantitative estimate of drug-likeness (QED) is 0.470. The van der Waals surface area contributed by atoms with Gasteiger partial charge in [-0.25, -0.2) is 0 Å². The minimum Gasteiger partial charge on any atom is -0.341 e. The largest absolute Gasteiger partial charge is 0.341 e. The Morgan fingerprint density at radius 2 is 1.73 bits per heavy atom. The molecular formula is C24H26ClN3O2. The summed E-state index contributed by atoms with van der Waals surface area (Å²) in [6.45, 7) is 6.26. The summed E-state index contributed by atoms with van der Waals surface area (Å²) in [6.07, 6.45) is 2.04. The van der Waals surface area contributed by atoms with Gasteiger partial charge in [0.05, 0.1) is 12.1 Å². The summed E-state index contributed by atoms with van der Waals surface area (Å²) in [5.41, 5.74) is 3.39. The first kappa shape index (κ1) is 20.5. The second kappa shape index (κ2) is 8.92. The molecule has 1 aliphatic rings. The number of amides is 1. The molecule has 1 heterocycles. The van der Waals surface area contributed by atoms with Crippen LogP contribution in [0.5, 0.6) is 0 Å². The third-order valence-corrected chi connectivity index (χ3v) is 5.79. The zero-order valence-electron chi connectivity index (χ0n) is 17.3. The molecule has 0 N–H and O–H groups in total. The van der Waals surface area contributed by atoms with Crippen LogP contribution in [0, 0.1) is 0 Å². The van der Waals surface area contributed by atoms with Crippen LogP contribution in [-0.2, 0) is 6.54 Å². The third-order valence-electron chi connectivity index (χ3n) is 5.53. The molecule has 5 nitrogen and oxygen atoms in total. The molecule has 0 spiro atoms. The van der Waals surface area contributed by atoms with Crippen molar-refractivity contribution < 1.29 is 9.32 Å². The Balaban J connectivity index is 1.72. The van der Waals surface area contributed by atoms with Gasteiger partial charge in [-0.1, -0.05) is 47.1 Å². The van der Waals surface area contributed by atoms with Gasteiger partial charge in [-0.15, -0.1) is 0 Å². The maximum atomic E-state index is 13.4. The van der Waals surface area contributed by atoms with Crippen LogP contribution in [0.25, 0.3) is 11.3 Å². The molecule has 0 radical (unpaired) electrons. The van der Waals surface area contributed by atoms with Crippen molar-refractivity contribution in [2.75, 3.05) is 18.0 Å². The monoisotopic (exact) mass is 423 g/mol. The van der Waals surface area contributed by atoms with Crippen molar-refractivity contribution in [3.8, 4) is 11.3 Å². The summed E-state index contributed by atoms with van der Waals surface area (Å²) < 4.78 is 5.82. The minimum absolute atomic E-state index is 0.0138. The zero-order chi connectivity index (χ0) is 21.1. The number of halogens is 1. The van der Waals surface area contributed by atoms with Crippen LogP contribution in [0.2, 0.25) is 5.02 Å².